The van der Waals surface area contributed by atoms with Crippen LogP contribution >= 0.6 is 11.6 Å². The predicted molar refractivity (Wildman–Crippen MR) is 113 cm³/mol. The van der Waals surface area contributed by atoms with E-state index in [9.17, 15) is 5.26 Å². The van der Waals surface area contributed by atoms with Crippen molar-refractivity contribution < 1.29 is 0 Å². The first-order valence-electron chi connectivity index (χ1n) is 10.2. The summed E-state index contributed by atoms with van der Waals surface area (Å²) >= 11 is 6.86. The molecular weight excluding hydrogens is 352 g/mol. The van der Waals surface area contributed by atoms with Crippen LogP contribution in [0.25, 0.3) is 21.7 Å². The largest absolute Gasteiger partial charge is 0.251 e. The fourth-order valence-electron chi connectivity index (χ4n) is 4.34. The van der Waals surface area contributed by atoms with Crippen LogP contribution < -0.4 is 0 Å². The Labute approximate surface area is 166 Å². The number of aryl methyl sites for hydroxylation is 2. The smallest absolute Gasteiger partial charge is 0.0998 e. The lowest BCUT2D eigenvalue weighted by Gasteiger charge is -2.15. The van der Waals surface area contributed by atoms with Crippen molar-refractivity contribution in [3.8, 4) is 6.07 Å². The van der Waals surface area contributed by atoms with Gasteiger partial charge in [-0.15, -0.1) is 0 Å². The maximum absolute atomic E-state index is 9.68. The van der Waals surface area contributed by atoms with Crippen molar-refractivity contribution >= 4 is 33.3 Å². The Hall–Kier alpha value is -2.11. The van der Waals surface area contributed by atoms with Gasteiger partial charge in [0.25, 0.3) is 0 Å². The molecule has 0 saturated heterocycles. The number of nitriles is 1. The fourth-order valence-corrected chi connectivity index (χ4v) is 4.68. The summed E-state index contributed by atoms with van der Waals surface area (Å²) in [5.41, 5.74) is 3.95. The Bertz CT molecular complexity index is 1020. The van der Waals surface area contributed by atoms with Crippen LogP contribution in [-0.2, 0) is 12.8 Å². The van der Waals surface area contributed by atoms with E-state index in [1.807, 2.05) is 24.3 Å². The first kappa shape index (κ1) is 18.3. The molecule has 2 aromatic carbocycles. The first-order chi connectivity index (χ1) is 13.3. The van der Waals surface area contributed by atoms with Crippen molar-refractivity contribution in [1.29, 1.82) is 5.26 Å². The molecule has 138 valence electrons. The van der Waals surface area contributed by atoms with Crippen LogP contribution in [0.1, 0.15) is 68.2 Å². The average molecular weight is 377 g/mol. The molecule has 4 rings (SSSR count). The normalized spacial score (nSPS) is 16.3. The number of fused-ring (bicyclic) bond motifs is 6. The first-order valence-corrected chi connectivity index (χ1v) is 10.6. The molecule has 0 unspecified atom stereocenters. The number of rotatable bonds is 0. The summed E-state index contributed by atoms with van der Waals surface area (Å²) in [5, 5.41) is 13.6. The highest BCUT2D eigenvalue weighted by atomic mass is 35.5. The van der Waals surface area contributed by atoms with Crippen molar-refractivity contribution in [3.63, 3.8) is 0 Å². The molecule has 0 saturated carbocycles. The van der Waals surface area contributed by atoms with E-state index in [0.29, 0.717) is 5.56 Å². The molecule has 1 aliphatic rings. The molecule has 1 aliphatic carbocycles. The molecule has 3 aromatic rings. The lowest BCUT2D eigenvalue weighted by atomic mass is 9.94. The monoisotopic (exact) mass is 376 g/mol. The maximum Gasteiger partial charge on any atom is 0.0998 e. The quantitative estimate of drug-likeness (QED) is 0.391. The minimum absolute atomic E-state index is 0.711. The second kappa shape index (κ2) is 8.28. The number of pyridine rings is 1. The molecule has 0 aliphatic heterocycles. The van der Waals surface area contributed by atoms with Crippen LogP contribution in [0.2, 0.25) is 5.02 Å². The molecule has 0 spiro atoms. The molecule has 0 fully saturated rings. The summed E-state index contributed by atoms with van der Waals surface area (Å²) in [4.78, 5) is 5.02. The van der Waals surface area contributed by atoms with Crippen LogP contribution in [0.5, 0.6) is 0 Å². The minimum atomic E-state index is 0.711. The van der Waals surface area contributed by atoms with E-state index in [-0.39, 0.29) is 0 Å². The van der Waals surface area contributed by atoms with Crippen molar-refractivity contribution in [2.75, 3.05) is 0 Å². The van der Waals surface area contributed by atoms with Crippen LogP contribution in [-0.4, -0.2) is 4.98 Å². The van der Waals surface area contributed by atoms with E-state index >= 15 is 0 Å². The Morgan fingerprint density at radius 2 is 1.44 bits per heavy atom. The van der Waals surface area contributed by atoms with E-state index in [4.69, 9.17) is 16.6 Å². The molecule has 0 N–H and O–H groups in total. The maximum atomic E-state index is 9.68. The molecule has 1 aromatic heterocycles. The highest BCUT2D eigenvalue weighted by molar-refractivity contribution is 6.33. The Morgan fingerprint density at radius 3 is 2.15 bits per heavy atom. The number of hydrogen-bond donors (Lipinski definition) is 0. The number of benzene rings is 2. The van der Waals surface area contributed by atoms with Gasteiger partial charge in [-0.1, -0.05) is 74.4 Å². The van der Waals surface area contributed by atoms with E-state index in [1.165, 1.54) is 44.1 Å². The van der Waals surface area contributed by atoms with Crippen molar-refractivity contribution in [2.45, 2.75) is 64.2 Å². The van der Waals surface area contributed by atoms with Gasteiger partial charge in [-0.05, 0) is 37.3 Å². The number of nitrogens with zero attached hydrogens (tertiary/aromatic N) is 2. The molecule has 2 nitrogen and oxygen atoms in total. The van der Waals surface area contributed by atoms with Crippen LogP contribution in [0, 0.1) is 11.3 Å². The van der Waals surface area contributed by atoms with Gasteiger partial charge in [0.05, 0.1) is 27.9 Å². The lowest BCUT2D eigenvalue weighted by molar-refractivity contribution is 0.569. The van der Waals surface area contributed by atoms with Gasteiger partial charge in [0.15, 0.2) is 0 Å². The lowest BCUT2D eigenvalue weighted by Crippen LogP contribution is -2.01. The number of aromatic nitrogens is 1. The molecule has 2 bridgehead atoms. The summed E-state index contributed by atoms with van der Waals surface area (Å²) in [5.74, 6) is 0. The highest BCUT2D eigenvalue weighted by Gasteiger charge is 2.17. The topological polar surface area (TPSA) is 36.7 Å². The standard InChI is InChI=1S/C24H25ClN2/c25-23-19-12-7-5-3-1-2-4-6-8-14-22(23)27-24-20-13-10-9-11-18(20)17(16-26)15-21(19)24/h9-11,13,15H,1-8,12,14H2. The van der Waals surface area contributed by atoms with Crippen molar-refractivity contribution in [3.05, 3.63) is 52.2 Å². The summed E-state index contributed by atoms with van der Waals surface area (Å²) in [6.45, 7) is 0. The molecule has 1 heterocycles. The second-order valence-electron chi connectivity index (χ2n) is 7.66. The third kappa shape index (κ3) is 3.66. The molecule has 27 heavy (non-hydrogen) atoms. The Morgan fingerprint density at radius 1 is 0.815 bits per heavy atom. The minimum Gasteiger partial charge on any atom is -0.251 e. The Balaban J connectivity index is 1.94. The zero-order valence-electron chi connectivity index (χ0n) is 15.7. The predicted octanol–water partition coefficient (Wildman–Crippen LogP) is 7.13. The summed E-state index contributed by atoms with van der Waals surface area (Å²) in [6, 6.07) is 12.5. The van der Waals surface area contributed by atoms with Gasteiger partial charge >= 0.3 is 0 Å². The van der Waals surface area contributed by atoms with Crippen molar-refractivity contribution in [2.24, 2.45) is 0 Å². The summed E-state index contributed by atoms with van der Waals surface area (Å²) in [6.07, 6.45) is 12.0. The van der Waals surface area contributed by atoms with Gasteiger partial charge in [0.2, 0.25) is 0 Å². The molecule has 0 atom stereocenters. The van der Waals surface area contributed by atoms with Gasteiger partial charge in [0.1, 0.15) is 0 Å². The third-order valence-corrected chi connectivity index (χ3v) is 6.26. The number of halogens is 1. The SMILES string of the molecule is N#Cc1cc2c3c(Cl)c(nc2c2ccccc12)CCCCCCCCCC3. The molecule has 0 amide bonds. The third-order valence-electron chi connectivity index (χ3n) is 5.82. The van der Waals surface area contributed by atoms with Gasteiger partial charge < -0.3 is 0 Å². The summed E-state index contributed by atoms with van der Waals surface area (Å²) in [7, 11) is 0. The fraction of sp³-hybridized carbons (Fsp3) is 0.417. The average Bonchev–Trinajstić information content (AvgIpc) is 2.71. The van der Waals surface area contributed by atoms with E-state index in [1.54, 1.807) is 0 Å². The van der Waals surface area contributed by atoms with Gasteiger partial charge in [-0.2, -0.15) is 5.26 Å². The highest BCUT2D eigenvalue weighted by Crippen LogP contribution is 2.35. The zero-order chi connectivity index (χ0) is 18.6. The summed E-state index contributed by atoms with van der Waals surface area (Å²) < 4.78 is 0. The van der Waals surface area contributed by atoms with Crippen LogP contribution in [0.15, 0.2) is 30.3 Å². The van der Waals surface area contributed by atoms with Crippen molar-refractivity contribution in [1.82, 2.24) is 4.98 Å². The van der Waals surface area contributed by atoms with Gasteiger partial charge in [0, 0.05) is 16.2 Å². The second-order valence-corrected chi connectivity index (χ2v) is 8.04. The van der Waals surface area contributed by atoms with Gasteiger partial charge in [-0.3, -0.25) is 4.98 Å². The number of hydrogen-bond acceptors (Lipinski definition) is 2. The Kier molecular flexibility index (Phi) is 5.60. The van der Waals surface area contributed by atoms with Gasteiger partial charge in [-0.25, -0.2) is 0 Å². The molecule has 3 heteroatoms. The molecule has 0 radical (unpaired) electrons. The van der Waals surface area contributed by atoms with E-state index < -0.39 is 0 Å². The van der Waals surface area contributed by atoms with Crippen LogP contribution in [0.3, 0.4) is 0 Å². The van der Waals surface area contributed by atoms with E-state index in [0.717, 1.165) is 58.1 Å². The molecular formula is C24H25ClN2. The van der Waals surface area contributed by atoms with E-state index in [2.05, 4.69) is 12.1 Å². The zero-order valence-corrected chi connectivity index (χ0v) is 16.5. The van der Waals surface area contributed by atoms with Crippen LogP contribution in [0.4, 0.5) is 0 Å².